The van der Waals surface area contributed by atoms with Crippen LogP contribution in [0.5, 0.6) is 0 Å². The molecule has 1 aliphatic heterocycles. The molecule has 0 aromatic heterocycles. The number of nitrogens with zero attached hydrogens (tertiary/aromatic N) is 1. The fourth-order valence-electron chi connectivity index (χ4n) is 3.62. The number of nitrogens with one attached hydrogen (secondary N) is 1. The molecule has 0 unspecified atom stereocenters. The molecule has 3 N–H and O–H groups in total. The van der Waals surface area contributed by atoms with Crippen LogP contribution in [0.25, 0.3) is 5.57 Å². The molecule has 0 spiro atoms. The van der Waals surface area contributed by atoms with Crippen LogP contribution in [0, 0.1) is 19.8 Å². The van der Waals surface area contributed by atoms with Crippen LogP contribution >= 0.6 is 0 Å². The third-order valence-corrected chi connectivity index (χ3v) is 4.81. The predicted octanol–water partition coefficient (Wildman–Crippen LogP) is 3.32. The zero-order valence-electron chi connectivity index (χ0n) is 15.3. The minimum atomic E-state index is -0.319. The smallest absolute Gasteiger partial charge is 0.256 e. The molecule has 1 aliphatic rings. The number of carbonyl (C=O) groups excluding carboxylic acids is 1. The molecule has 0 saturated carbocycles. The molecule has 0 bridgehead atoms. The summed E-state index contributed by atoms with van der Waals surface area (Å²) in [6.45, 7) is 14.8. The van der Waals surface area contributed by atoms with Crippen molar-refractivity contribution in [2.75, 3.05) is 4.90 Å². The summed E-state index contributed by atoms with van der Waals surface area (Å²) in [6.07, 6.45) is 2.24. The lowest BCUT2D eigenvalue weighted by atomic mass is 9.84. The number of carbonyl (C=O) groups is 1. The van der Waals surface area contributed by atoms with Crippen molar-refractivity contribution in [3.63, 3.8) is 0 Å². The van der Waals surface area contributed by atoms with Crippen LogP contribution in [0.3, 0.4) is 0 Å². The lowest BCUT2D eigenvalue weighted by molar-refractivity contribution is -0.123. The minimum Gasteiger partial charge on any atom is -0.350 e. The lowest BCUT2D eigenvalue weighted by Gasteiger charge is -2.48. The first-order valence-electron chi connectivity index (χ1n) is 8.21. The average molecular weight is 315 g/mol. The molecule has 4 nitrogen and oxygen atoms in total. The van der Waals surface area contributed by atoms with Gasteiger partial charge in [-0.05, 0) is 69.4 Å². The first-order chi connectivity index (χ1) is 10.6. The second kappa shape index (κ2) is 6.00. The number of hydrazine groups is 1. The number of rotatable bonds is 3. The maximum Gasteiger partial charge on any atom is 0.256 e. The SMILES string of the molecule is CC1=CC(C)(C)N([C@H](C(=O)NN)C(C)C)c2cc(C)c(C)cc21. The van der Waals surface area contributed by atoms with Gasteiger partial charge in [0.2, 0.25) is 0 Å². The van der Waals surface area contributed by atoms with E-state index in [1.807, 2.05) is 0 Å². The highest BCUT2D eigenvalue weighted by Gasteiger charge is 2.40. The number of nitrogens with two attached hydrogens (primary N) is 1. The van der Waals surface area contributed by atoms with Crippen molar-refractivity contribution < 1.29 is 4.79 Å². The zero-order chi connectivity index (χ0) is 17.5. The van der Waals surface area contributed by atoms with Crippen molar-refractivity contribution in [1.82, 2.24) is 5.43 Å². The maximum absolute atomic E-state index is 12.5. The van der Waals surface area contributed by atoms with Gasteiger partial charge in [-0.2, -0.15) is 0 Å². The Morgan fingerprint density at radius 1 is 1.17 bits per heavy atom. The van der Waals surface area contributed by atoms with E-state index >= 15 is 0 Å². The van der Waals surface area contributed by atoms with Crippen molar-refractivity contribution in [2.24, 2.45) is 11.8 Å². The van der Waals surface area contributed by atoms with E-state index in [-0.39, 0.29) is 23.4 Å². The third kappa shape index (κ3) is 3.00. The van der Waals surface area contributed by atoms with E-state index in [9.17, 15) is 4.79 Å². The van der Waals surface area contributed by atoms with Crippen LogP contribution in [0.1, 0.15) is 51.3 Å². The Morgan fingerprint density at radius 2 is 1.74 bits per heavy atom. The Kier molecular flexibility index (Phi) is 4.58. The molecule has 4 heteroatoms. The first-order valence-corrected chi connectivity index (χ1v) is 8.21. The molecule has 0 saturated heterocycles. The second-order valence-corrected chi connectivity index (χ2v) is 7.50. The van der Waals surface area contributed by atoms with Gasteiger partial charge in [0.25, 0.3) is 5.91 Å². The molecule has 1 amide bonds. The van der Waals surface area contributed by atoms with Gasteiger partial charge in [-0.25, -0.2) is 5.84 Å². The minimum absolute atomic E-state index is 0.138. The highest BCUT2D eigenvalue weighted by molar-refractivity contribution is 5.90. The summed E-state index contributed by atoms with van der Waals surface area (Å²) in [5.74, 6) is 5.46. The zero-order valence-corrected chi connectivity index (χ0v) is 15.3. The van der Waals surface area contributed by atoms with Gasteiger partial charge in [0, 0.05) is 11.3 Å². The molecule has 0 fully saturated rings. The average Bonchev–Trinajstić information content (AvgIpc) is 2.44. The summed E-state index contributed by atoms with van der Waals surface area (Å²) in [5, 5.41) is 0. The predicted molar refractivity (Wildman–Crippen MR) is 97.1 cm³/mol. The number of hydrogen-bond donors (Lipinski definition) is 2. The van der Waals surface area contributed by atoms with Crippen LogP contribution < -0.4 is 16.2 Å². The maximum atomic E-state index is 12.5. The van der Waals surface area contributed by atoms with E-state index in [1.54, 1.807) is 0 Å². The summed E-state index contributed by atoms with van der Waals surface area (Å²) in [6, 6.07) is 4.10. The van der Waals surface area contributed by atoms with Crippen molar-refractivity contribution in [2.45, 2.75) is 60.0 Å². The summed E-state index contributed by atoms with van der Waals surface area (Å²) in [5.41, 5.74) is 8.14. The number of anilines is 1. The lowest BCUT2D eigenvalue weighted by Crippen LogP contribution is -2.59. The Balaban J connectivity index is 2.72. The fraction of sp³-hybridized carbons (Fsp3) is 0.526. The van der Waals surface area contributed by atoms with Gasteiger partial charge >= 0.3 is 0 Å². The van der Waals surface area contributed by atoms with Gasteiger partial charge in [-0.15, -0.1) is 0 Å². The summed E-state index contributed by atoms with van der Waals surface area (Å²) >= 11 is 0. The number of allylic oxidation sites excluding steroid dienone is 1. The largest absolute Gasteiger partial charge is 0.350 e. The van der Waals surface area contributed by atoms with Crippen molar-refractivity contribution in [3.8, 4) is 0 Å². The molecular formula is C19H29N3O. The van der Waals surface area contributed by atoms with Crippen LogP contribution in [0.15, 0.2) is 18.2 Å². The first kappa shape index (κ1) is 17.5. The van der Waals surface area contributed by atoms with E-state index in [2.05, 4.69) is 77.0 Å². The van der Waals surface area contributed by atoms with Gasteiger partial charge in [0.1, 0.15) is 6.04 Å². The Labute approximate surface area is 139 Å². The number of fused-ring (bicyclic) bond motifs is 1. The van der Waals surface area contributed by atoms with Gasteiger partial charge in [-0.3, -0.25) is 10.2 Å². The number of benzene rings is 1. The second-order valence-electron chi connectivity index (χ2n) is 7.50. The van der Waals surface area contributed by atoms with Gasteiger partial charge in [0.15, 0.2) is 0 Å². The molecule has 1 heterocycles. The molecule has 2 rings (SSSR count). The van der Waals surface area contributed by atoms with Crippen molar-refractivity contribution in [3.05, 3.63) is 34.9 Å². The summed E-state index contributed by atoms with van der Waals surface area (Å²) in [4.78, 5) is 14.7. The normalized spacial score (nSPS) is 17.6. The quantitative estimate of drug-likeness (QED) is 0.511. The van der Waals surface area contributed by atoms with E-state index in [4.69, 9.17) is 5.84 Å². The van der Waals surface area contributed by atoms with Crippen molar-refractivity contribution in [1.29, 1.82) is 0 Å². The Morgan fingerprint density at radius 3 is 2.26 bits per heavy atom. The molecular weight excluding hydrogens is 286 g/mol. The molecule has 1 aromatic carbocycles. The Bertz CT molecular complexity index is 659. The van der Waals surface area contributed by atoms with E-state index in [0.29, 0.717) is 0 Å². The molecule has 1 atom stereocenters. The molecule has 126 valence electrons. The number of aryl methyl sites for hydroxylation is 2. The number of hydrogen-bond acceptors (Lipinski definition) is 3. The molecule has 0 radical (unpaired) electrons. The van der Waals surface area contributed by atoms with Gasteiger partial charge < -0.3 is 4.90 Å². The van der Waals surface area contributed by atoms with E-state index < -0.39 is 0 Å². The van der Waals surface area contributed by atoms with E-state index in [1.165, 1.54) is 22.3 Å². The van der Waals surface area contributed by atoms with Crippen LogP contribution in [-0.2, 0) is 4.79 Å². The third-order valence-electron chi connectivity index (χ3n) is 4.81. The standard InChI is InChI=1S/C19H29N3O/c1-11(2)17(18(23)21-20)22-16-9-13(4)12(3)8-15(16)14(5)10-19(22,6)7/h8-11,17H,20H2,1-7H3,(H,21,23)/t17-/m0/s1. The Hall–Kier alpha value is -1.81. The van der Waals surface area contributed by atoms with Gasteiger partial charge in [0.05, 0.1) is 5.54 Å². The van der Waals surface area contributed by atoms with Crippen LogP contribution in [0.2, 0.25) is 0 Å². The monoisotopic (exact) mass is 315 g/mol. The highest BCUT2D eigenvalue weighted by Crippen LogP contribution is 2.42. The van der Waals surface area contributed by atoms with Crippen LogP contribution in [-0.4, -0.2) is 17.5 Å². The topological polar surface area (TPSA) is 58.4 Å². The van der Waals surface area contributed by atoms with Gasteiger partial charge in [-0.1, -0.05) is 19.9 Å². The van der Waals surface area contributed by atoms with Crippen LogP contribution in [0.4, 0.5) is 5.69 Å². The fourth-order valence-corrected chi connectivity index (χ4v) is 3.62. The number of amides is 1. The molecule has 0 aliphatic carbocycles. The highest BCUT2D eigenvalue weighted by atomic mass is 16.2. The summed E-state index contributed by atoms with van der Waals surface area (Å²) < 4.78 is 0. The molecule has 23 heavy (non-hydrogen) atoms. The molecule has 1 aromatic rings. The van der Waals surface area contributed by atoms with E-state index in [0.717, 1.165) is 5.69 Å². The summed E-state index contributed by atoms with van der Waals surface area (Å²) in [7, 11) is 0. The van der Waals surface area contributed by atoms with Crippen molar-refractivity contribution >= 4 is 17.2 Å².